The van der Waals surface area contributed by atoms with E-state index in [1.165, 1.54) is 22.3 Å². The Morgan fingerprint density at radius 2 is 1.69 bits per heavy atom. The summed E-state index contributed by atoms with van der Waals surface area (Å²) >= 11 is -1.94. The minimum absolute atomic E-state index is 0.289. The van der Waals surface area contributed by atoms with E-state index < -0.39 is 13.3 Å². The van der Waals surface area contributed by atoms with Gasteiger partial charge in [-0.2, -0.15) is 0 Å². The van der Waals surface area contributed by atoms with Gasteiger partial charge in [-0.25, -0.2) is 0 Å². The average molecular weight is 412 g/mol. The van der Waals surface area contributed by atoms with Gasteiger partial charge in [0.25, 0.3) is 0 Å². The standard InChI is InChI=1S/C24H37GeN/c1-17(2)12-19-10-11-21(18(3)13-19)23-14-20(15-24(4,5)6)22(16-26-23)25(7,8)9/h10-11,13-14,16-17H,12,15H2,1-9H3. The molecule has 2 heteroatoms. The zero-order valence-corrected chi connectivity index (χ0v) is 20.4. The number of pyridine rings is 1. The Balaban J connectivity index is 2.49. The number of hydrogen-bond acceptors (Lipinski definition) is 1. The van der Waals surface area contributed by atoms with Crippen LogP contribution in [0.3, 0.4) is 0 Å². The number of nitrogens with zero attached hydrogens (tertiary/aromatic N) is 1. The van der Waals surface area contributed by atoms with Crippen LogP contribution in [-0.4, -0.2) is 18.3 Å². The number of rotatable bonds is 5. The molecular weight excluding hydrogens is 375 g/mol. The van der Waals surface area contributed by atoms with Gasteiger partial charge >= 0.3 is 164 Å². The third kappa shape index (κ3) is 5.71. The van der Waals surface area contributed by atoms with E-state index in [4.69, 9.17) is 4.98 Å². The molecule has 0 aliphatic rings. The summed E-state index contributed by atoms with van der Waals surface area (Å²) < 4.78 is 1.55. The molecule has 0 atom stereocenters. The summed E-state index contributed by atoms with van der Waals surface area (Å²) in [6.07, 6.45) is 4.45. The predicted octanol–water partition coefficient (Wildman–Crippen LogP) is 6.39. The molecule has 0 unspecified atom stereocenters. The molecule has 0 saturated heterocycles. The third-order valence-corrected chi connectivity index (χ3v) is 9.06. The van der Waals surface area contributed by atoms with Crippen molar-refractivity contribution >= 4 is 17.7 Å². The first kappa shape index (κ1) is 21.2. The van der Waals surface area contributed by atoms with Crippen LogP contribution in [0.15, 0.2) is 30.5 Å². The van der Waals surface area contributed by atoms with Crippen molar-refractivity contribution in [1.29, 1.82) is 0 Å². The Hall–Kier alpha value is -1.09. The summed E-state index contributed by atoms with van der Waals surface area (Å²) in [7, 11) is 0. The Kier molecular flexibility index (Phi) is 6.43. The molecule has 1 heterocycles. The first-order valence-corrected chi connectivity index (χ1v) is 17.3. The molecule has 142 valence electrons. The minimum atomic E-state index is -1.94. The van der Waals surface area contributed by atoms with Crippen LogP contribution in [-0.2, 0) is 12.8 Å². The molecule has 0 radical (unpaired) electrons. The molecule has 0 saturated carbocycles. The van der Waals surface area contributed by atoms with Crippen molar-refractivity contribution in [2.24, 2.45) is 11.3 Å². The Morgan fingerprint density at radius 1 is 1.04 bits per heavy atom. The first-order valence-electron chi connectivity index (χ1n) is 9.96. The zero-order valence-electron chi connectivity index (χ0n) is 18.3. The van der Waals surface area contributed by atoms with Crippen LogP contribution in [0.25, 0.3) is 11.3 Å². The van der Waals surface area contributed by atoms with Crippen LogP contribution in [0.1, 0.15) is 51.3 Å². The molecule has 0 fully saturated rings. The molecule has 0 aliphatic heterocycles. The predicted molar refractivity (Wildman–Crippen MR) is 119 cm³/mol. The fourth-order valence-corrected chi connectivity index (χ4v) is 6.95. The Morgan fingerprint density at radius 3 is 2.19 bits per heavy atom. The quantitative estimate of drug-likeness (QED) is 0.519. The van der Waals surface area contributed by atoms with Gasteiger partial charge in [0.2, 0.25) is 0 Å². The van der Waals surface area contributed by atoms with Crippen LogP contribution >= 0.6 is 0 Å². The molecule has 0 aliphatic carbocycles. The summed E-state index contributed by atoms with van der Waals surface area (Å²) in [6, 6.07) is 9.27. The second-order valence-electron chi connectivity index (χ2n) is 10.5. The van der Waals surface area contributed by atoms with Gasteiger partial charge in [0.15, 0.2) is 0 Å². The molecule has 1 nitrogen and oxygen atoms in total. The third-order valence-electron chi connectivity index (χ3n) is 4.73. The second kappa shape index (κ2) is 7.88. The molecule has 0 bridgehead atoms. The molecule has 1 aromatic heterocycles. The molecule has 2 aromatic rings. The topological polar surface area (TPSA) is 12.9 Å². The van der Waals surface area contributed by atoms with E-state index in [2.05, 4.69) is 89.3 Å². The second-order valence-corrected chi connectivity index (χ2v) is 21.0. The SMILES string of the molecule is Cc1cc(CC(C)C)ccc1-c1cc(CC(C)(C)C)[c]([Ge]([CH3])([CH3])[CH3])cn1. The van der Waals surface area contributed by atoms with Crippen molar-refractivity contribution in [2.45, 2.75) is 71.7 Å². The summed E-state index contributed by atoms with van der Waals surface area (Å²) in [4.78, 5) is 4.90. The molecule has 2 rings (SSSR count). The van der Waals surface area contributed by atoms with Crippen LogP contribution in [0.5, 0.6) is 0 Å². The Labute approximate surface area is 164 Å². The maximum atomic E-state index is 4.90. The van der Waals surface area contributed by atoms with E-state index in [1.807, 2.05) is 0 Å². The number of hydrogen-bond donors (Lipinski definition) is 0. The van der Waals surface area contributed by atoms with E-state index in [0.717, 1.165) is 18.5 Å². The van der Waals surface area contributed by atoms with Crippen molar-refractivity contribution in [3.05, 3.63) is 47.2 Å². The maximum absolute atomic E-state index is 4.90. The zero-order chi connectivity index (χ0) is 19.7. The van der Waals surface area contributed by atoms with Gasteiger partial charge < -0.3 is 0 Å². The van der Waals surface area contributed by atoms with Gasteiger partial charge in [-0.1, -0.05) is 0 Å². The van der Waals surface area contributed by atoms with Gasteiger partial charge in [0.1, 0.15) is 0 Å². The van der Waals surface area contributed by atoms with E-state index in [9.17, 15) is 0 Å². The van der Waals surface area contributed by atoms with E-state index in [1.54, 1.807) is 4.40 Å². The van der Waals surface area contributed by atoms with Crippen LogP contribution in [0, 0.1) is 18.3 Å². The van der Waals surface area contributed by atoms with Crippen LogP contribution < -0.4 is 4.40 Å². The Bertz CT molecular complexity index is 761. The molecule has 0 N–H and O–H groups in total. The fourth-order valence-electron chi connectivity index (χ4n) is 3.65. The summed E-state index contributed by atoms with van der Waals surface area (Å²) in [5.41, 5.74) is 6.98. The van der Waals surface area contributed by atoms with Crippen molar-refractivity contribution in [3.63, 3.8) is 0 Å². The van der Waals surface area contributed by atoms with Crippen molar-refractivity contribution < 1.29 is 0 Å². The van der Waals surface area contributed by atoms with E-state index in [-0.39, 0.29) is 5.41 Å². The van der Waals surface area contributed by atoms with E-state index in [0.29, 0.717) is 5.92 Å². The van der Waals surface area contributed by atoms with Gasteiger partial charge in [-0.3, -0.25) is 0 Å². The van der Waals surface area contributed by atoms with Crippen molar-refractivity contribution in [3.8, 4) is 11.3 Å². The summed E-state index contributed by atoms with van der Waals surface area (Å²) in [5, 5.41) is 0. The van der Waals surface area contributed by atoms with Gasteiger partial charge in [-0.15, -0.1) is 0 Å². The van der Waals surface area contributed by atoms with Gasteiger partial charge in [0, 0.05) is 0 Å². The molecular formula is C24H37GeN. The average Bonchev–Trinajstić information content (AvgIpc) is 2.43. The van der Waals surface area contributed by atoms with E-state index >= 15 is 0 Å². The van der Waals surface area contributed by atoms with Crippen molar-refractivity contribution in [1.82, 2.24) is 4.98 Å². The van der Waals surface area contributed by atoms with Crippen molar-refractivity contribution in [2.75, 3.05) is 0 Å². The summed E-state index contributed by atoms with van der Waals surface area (Å²) in [6.45, 7) is 13.8. The fraction of sp³-hybridized carbons (Fsp3) is 0.542. The first-order chi connectivity index (χ1) is 11.9. The molecule has 0 amide bonds. The number of aryl methyl sites for hydroxylation is 1. The molecule has 0 spiro atoms. The number of benzene rings is 1. The monoisotopic (exact) mass is 413 g/mol. The molecule has 1 aromatic carbocycles. The van der Waals surface area contributed by atoms with Gasteiger partial charge in [-0.05, 0) is 0 Å². The molecule has 26 heavy (non-hydrogen) atoms. The normalized spacial score (nSPS) is 12.7. The van der Waals surface area contributed by atoms with Gasteiger partial charge in [0.05, 0.1) is 0 Å². The van der Waals surface area contributed by atoms with Crippen LogP contribution in [0.2, 0.25) is 17.3 Å². The summed E-state index contributed by atoms with van der Waals surface area (Å²) in [5.74, 6) is 8.09. The number of aromatic nitrogens is 1. The van der Waals surface area contributed by atoms with Crippen LogP contribution in [0.4, 0.5) is 0 Å².